The van der Waals surface area contributed by atoms with Crippen LogP contribution in [0.4, 0.5) is 0 Å². The van der Waals surface area contributed by atoms with Crippen molar-refractivity contribution in [2.45, 2.75) is 236 Å². The predicted molar refractivity (Wildman–Crippen MR) is 299 cm³/mol. The maximum Gasteiger partial charge on any atom is 0.0594 e. The fourth-order valence-electron chi connectivity index (χ4n) is 6.09. The minimum absolute atomic E-state index is 0.228. The van der Waals surface area contributed by atoms with Gasteiger partial charge in [-0.3, -0.25) is 19.6 Å². The van der Waals surface area contributed by atoms with Gasteiger partial charge in [-0.05, 0) is 260 Å². The standard InChI is InChI=1S/C15H33N3.C14H32N2O.C14H32N2.C13H30N2/c1-14(2,3)16(7)8-9-17-10-12-18(13-11-17)15(4,5)6;1-13(2,3)15(7)9-11-17-12-10-16(8)14(4,5)6;1-13(2,3)15(7)11-9-10-12-16(8)14(4,5)6;1-12(2,3)14-10-8-9-11-15(7)13(4,5)6/h8-13H2,1-7H3;9-12H2,1-8H3;9-12H2,1-8H3;14H,8-11H2,1-7H3. The number of ether oxygens (including phenoxy) is 1. The molecule has 1 saturated heterocycles. The van der Waals surface area contributed by atoms with Crippen molar-refractivity contribution in [1.82, 2.24) is 44.5 Å². The summed E-state index contributed by atoms with van der Waals surface area (Å²) in [5, 5.41) is 3.52. The second kappa shape index (κ2) is 31.1. The largest absolute Gasteiger partial charge is 0.379 e. The molecule has 0 aromatic carbocycles. The molecule has 0 aliphatic carbocycles. The molecular formula is C56H127N9O. The molecule has 0 aromatic rings. The molecule has 66 heavy (non-hydrogen) atoms. The summed E-state index contributed by atoms with van der Waals surface area (Å²) in [5.41, 5.74) is 2.23. The van der Waals surface area contributed by atoms with Crippen LogP contribution in [0.25, 0.3) is 0 Å². The lowest BCUT2D eigenvalue weighted by molar-refractivity contribution is 0.0531. The summed E-state index contributed by atoms with van der Waals surface area (Å²) < 4.78 is 5.68. The van der Waals surface area contributed by atoms with Crippen LogP contribution in [0.3, 0.4) is 0 Å². The van der Waals surface area contributed by atoms with E-state index in [2.05, 4.69) is 253 Å². The predicted octanol–water partition coefficient (Wildman–Crippen LogP) is 10.7. The molecule has 10 heteroatoms. The topological polar surface area (TPSA) is 47.2 Å². The Labute approximate surface area is 418 Å². The summed E-state index contributed by atoms with van der Waals surface area (Å²) in [6.07, 6.45) is 5.11. The highest BCUT2D eigenvalue weighted by atomic mass is 16.5. The Balaban J connectivity index is -0.000000804. The third kappa shape index (κ3) is 38.4. The van der Waals surface area contributed by atoms with Gasteiger partial charge in [0.15, 0.2) is 0 Å². The lowest BCUT2D eigenvalue weighted by atomic mass is 10.0. The summed E-state index contributed by atoms with van der Waals surface area (Å²) in [6, 6.07) is 0. The van der Waals surface area contributed by atoms with Crippen LogP contribution < -0.4 is 5.32 Å². The maximum absolute atomic E-state index is 5.68. The van der Waals surface area contributed by atoms with Crippen molar-refractivity contribution in [2.24, 2.45) is 0 Å². The van der Waals surface area contributed by atoms with Gasteiger partial charge < -0.3 is 29.7 Å². The van der Waals surface area contributed by atoms with Crippen LogP contribution in [0.5, 0.6) is 0 Å². The van der Waals surface area contributed by atoms with Gasteiger partial charge in [0.1, 0.15) is 0 Å². The van der Waals surface area contributed by atoms with E-state index in [1.807, 2.05) is 0 Å². The van der Waals surface area contributed by atoms with Gasteiger partial charge >= 0.3 is 0 Å². The molecule has 0 unspecified atom stereocenters. The quantitative estimate of drug-likeness (QED) is 0.127. The SMILES string of the molecule is CN(CCCCN(C)C(C)(C)C)C(C)(C)C.CN(CCCCNC(C)(C)C)C(C)(C)C.CN(CCN1CCN(C(C)(C)C)CC1)C(C)(C)C.CN(CCOCCN(C)C(C)(C)C)C(C)(C)C. The van der Waals surface area contributed by atoms with Crippen LogP contribution in [-0.4, -0.2) is 218 Å². The highest BCUT2D eigenvalue weighted by Gasteiger charge is 2.27. The Hall–Kier alpha value is -0.400. The number of likely N-dealkylation sites (N-methyl/N-ethyl adjacent to an activating group) is 3. The lowest BCUT2D eigenvalue weighted by Gasteiger charge is -2.43. The van der Waals surface area contributed by atoms with E-state index in [4.69, 9.17) is 4.74 Å². The molecule has 1 rings (SSSR count). The van der Waals surface area contributed by atoms with E-state index in [0.717, 1.165) is 32.8 Å². The molecular weight excluding hydrogens is 815 g/mol. The van der Waals surface area contributed by atoms with Gasteiger partial charge in [0.05, 0.1) is 13.2 Å². The fourth-order valence-corrected chi connectivity index (χ4v) is 6.09. The van der Waals surface area contributed by atoms with Gasteiger partial charge in [-0.2, -0.15) is 0 Å². The number of hydrogen-bond donors (Lipinski definition) is 1. The molecule has 402 valence electrons. The number of nitrogens with zero attached hydrogens (tertiary/aromatic N) is 8. The van der Waals surface area contributed by atoms with E-state index in [0.29, 0.717) is 22.2 Å². The third-order valence-corrected chi connectivity index (χ3v) is 13.9. The average Bonchev–Trinajstić information content (AvgIpc) is 3.12. The van der Waals surface area contributed by atoms with E-state index in [1.54, 1.807) is 0 Å². The molecule has 0 radical (unpaired) electrons. The fraction of sp³-hybridized carbons (Fsp3) is 1.00. The average molecular weight is 943 g/mol. The van der Waals surface area contributed by atoms with Gasteiger partial charge in [0.2, 0.25) is 0 Å². The van der Waals surface area contributed by atoms with E-state index in [1.165, 1.54) is 84.6 Å². The first-order valence-electron chi connectivity index (χ1n) is 26.4. The zero-order valence-electron chi connectivity index (χ0n) is 51.2. The van der Waals surface area contributed by atoms with Gasteiger partial charge in [-0.1, -0.05) is 0 Å². The zero-order valence-corrected chi connectivity index (χ0v) is 51.2. The molecule has 0 amide bonds. The van der Waals surface area contributed by atoms with Crippen LogP contribution in [0.1, 0.15) is 192 Å². The first-order valence-corrected chi connectivity index (χ1v) is 26.4. The minimum atomic E-state index is 0.228. The molecule has 1 aliphatic heterocycles. The van der Waals surface area contributed by atoms with Crippen molar-refractivity contribution in [3.8, 4) is 0 Å². The Bertz CT molecular complexity index is 1120. The van der Waals surface area contributed by atoms with E-state index in [-0.39, 0.29) is 22.2 Å². The Morgan fingerprint density at radius 2 is 0.636 bits per heavy atom. The van der Waals surface area contributed by atoms with Crippen LogP contribution in [0.15, 0.2) is 0 Å². The minimum Gasteiger partial charge on any atom is -0.379 e. The maximum atomic E-state index is 5.68. The number of nitrogens with one attached hydrogen (secondary N) is 1. The Kier molecular flexibility index (Phi) is 33.0. The van der Waals surface area contributed by atoms with Crippen LogP contribution in [0.2, 0.25) is 0 Å². The monoisotopic (exact) mass is 942 g/mol. The molecule has 0 spiro atoms. The highest BCUT2D eigenvalue weighted by Crippen LogP contribution is 2.18. The number of unbranched alkanes of at least 4 members (excludes halogenated alkanes) is 2. The first-order chi connectivity index (χ1) is 29.3. The van der Waals surface area contributed by atoms with Crippen molar-refractivity contribution in [1.29, 1.82) is 0 Å². The van der Waals surface area contributed by atoms with Crippen molar-refractivity contribution in [3.63, 3.8) is 0 Å². The summed E-state index contributed by atoms with van der Waals surface area (Å²) in [6.45, 7) is 69.7. The van der Waals surface area contributed by atoms with E-state index < -0.39 is 0 Å². The summed E-state index contributed by atoms with van der Waals surface area (Å²) in [7, 11) is 13.2. The molecule has 1 fully saturated rings. The summed E-state index contributed by atoms with van der Waals surface area (Å²) in [5.74, 6) is 0. The van der Waals surface area contributed by atoms with Gasteiger partial charge in [-0.25, -0.2) is 0 Å². The Morgan fingerprint density at radius 3 is 0.909 bits per heavy atom. The van der Waals surface area contributed by atoms with E-state index >= 15 is 0 Å². The van der Waals surface area contributed by atoms with Gasteiger partial charge in [0, 0.05) is 96.7 Å². The zero-order chi connectivity index (χ0) is 52.8. The molecule has 1 heterocycles. The molecule has 0 bridgehead atoms. The van der Waals surface area contributed by atoms with Crippen LogP contribution >= 0.6 is 0 Å². The first kappa shape index (κ1) is 69.9. The van der Waals surface area contributed by atoms with Crippen LogP contribution in [0, 0.1) is 0 Å². The van der Waals surface area contributed by atoms with Gasteiger partial charge in [-0.15, -0.1) is 0 Å². The smallest absolute Gasteiger partial charge is 0.0594 e. The molecule has 1 N–H and O–H groups in total. The molecule has 0 atom stereocenters. The number of rotatable bonds is 19. The Morgan fingerprint density at radius 1 is 0.364 bits per heavy atom. The van der Waals surface area contributed by atoms with Crippen molar-refractivity contribution in [2.75, 3.05) is 134 Å². The molecule has 1 aliphatic rings. The lowest BCUT2D eigenvalue weighted by Crippen LogP contribution is -2.54. The summed E-state index contributed by atoms with van der Waals surface area (Å²) in [4.78, 5) is 19.6. The number of piperazine rings is 1. The van der Waals surface area contributed by atoms with Crippen LogP contribution in [-0.2, 0) is 4.74 Å². The van der Waals surface area contributed by atoms with E-state index in [9.17, 15) is 0 Å². The summed E-state index contributed by atoms with van der Waals surface area (Å²) >= 11 is 0. The van der Waals surface area contributed by atoms with Crippen molar-refractivity contribution in [3.05, 3.63) is 0 Å². The van der Waals surface area contributed by atoms with Crippen molar-refractivity contribution < 1.29 is 4.74 Å². The third-order valence-electron chi connectivity index (χ3n) is 13.9. The van der Waals surface area contributed by atoms with Gasteiger partial charge in [0.25, 0.3) is 0 Å². The molecule has 10 nitrogen and oxygen atoms in total. The number of hydrogen-bond acceptors (Lipinski definition) is 10. The normalized spacial score (nSPS) is 15.6. The second-order valence-corrected chi connectivity index (χ2v) is 27.8. The highest BCUT2D eigenvalue weighted by molar-refractivity contribution is 4.83. The molecule has 0 saturated carbocycles. The second-order valence-electron chi connectivity index (χ2n) is 27.8. The van der Waals surface area contributed by atoms with Crippen molar-refractivity contribution >= 4 is 0 Å². The molecule has 0 aromatic heterocycles.